The van der Waals surface area contributed by atoms with E-state index in [1.165, 1.54) is 6.92 Å². The van der Waals surface area contributed by atoms with Crippen molar-refractivity contribution < 1.29 is 49.0 Å². The molecule has 0 heterocycles. The predicted molar refractivity (Wildman–Crippen MR) is 86.4 cm³/mol. The number of carboxylic acids is 1. The van der Waals surface area contributed by atoms with E-state index in [1.54, 1.807) is 6.92 Å². The number of ether oxygens (including phenoxy) is 1. The molecule has 0 aliphatic rings. The fourth-order valence-electron chi connectivity index (χ4n) is 1.48. The number of benzene rings is 1. The zero-order valence-electron chi connectivity index (χ0n) is 12.5. The van der Waals surface area contributed by atoms with Crippen molar-refractivity contribution in [2.24, 2.45) is 0 Å². The van der Waals surface area contributed by atoms with Crippen molar-refractivity contribution in [3.63, 3.8) is 0 Å². The van der Waals surface area contributed by atoms with Gasteiger partial charge in [-0.25, -0.2) is 9.59 Å². The van der Waals surface area contributed by atoms with Crippen LogP contribution in [0.2, 0.25) is 20.1 Å². The van der Waals surface area contributed by atoms with Crippen LogP contribution < -0.4 is 29.6 Å². The van der Waals surface area contributed by atoms with Gasteiger partial charge < -0.3 is 9.84 Å². The molecule has 0 aliphatic carbocycles. The van der Waals surface area contributed by atoms with Crippen LogP contribution in [-0.4, -0.2) is 22.6 Å². The van der Waals surface area contributed by atoms with Gasteiger partial charge in [-0.05, 0) is 13.3 Å². The summed E-state index contributed by atoms with van der Waals surface area (Å²) in [4.78, 5) is 23.7. The largest absolute Gasteiger partial charge is 1.00 e. The topological polar surface area (TPSA) is 63.6 Å². The molecule has 0 saturated carbocycles. The third-order valence-electron chi connectivity index (χ3n) is 2.98. The van der Waals surface area contributed by atoms with E-state index in [0.717, 1.165) is 0 Å². The summed E-state index contributed by atoms with van der Waals surface area (Å²) in [7, 11) is 0. The number of hydrogen-bond donors (Lipinski definition) is 1. The molecule has 1 aromatic rings. The molecule has 0 aliphatic heterocycles. The van der Waals surface area contributed by atoms with Gasteiger partial charge in [-0.1, -0.05) is 59.2 Å². The summed E-state index contributed by atoms with van der Waals surface area (Å²) in [6.07, 6.45) is 5.62. The average molecular weight is 407 g/mol. The Balaban J connectivity index is 0.00000484. The summed E-state index contributed by atoms with van der Waals surface area (Å²) in [5, 5.41) is 7.97. The van der Waals surface area contributed by atoms with E-state index in [4.69, 9.17) is 57.6 Å². The van der Waals surface area contributed by atoms with Crippen LogP contribution in [0.1, 0.15) is 41.0 Å². The molecule has 4 nitrogen and oxygen atoms in total. The molecule has 1 N–H and O–H groups in total. The van der Waals surface area contributed by atoms with E-state index < -0.39 is 33.7 Å². The van der Waals surface area contributed by atoms with Gasteiger partial charge in [0.1, 0.15) is 0 Å². The van der Waals surface area contributed by atoms with Crippen LogP contribution in [0.5, 0.6) is 0 Å². The normalized spacial score (nSPS) is 12.6. The second-order valence-electron chi connectivity index (χ2n) is 4.43. The number of carbonyl (C=O) groups is 2. The number of esters is 1. The molecule has 0 bridgehead atoms. The van der Waals surface area contributed by atoms with Crippen molar-refractivity contribution in [3.8, 4) is 12.3 Å². The first-order valence-electron chi connectivity index (χ1n) is 5.90. The van der Waals surface area contributed by atoms with Crippen LogP contribution in [-0.2, 0) is 4.74 Å². The van der Waals surface area contributed by atoms with Gasteiger partial charge in [-0.15, -0.1) is 6.42 Å². The number of aromatic carboxylic acids is 1. The van der Waals surface area contributed by atoms with Gasteiger partial charge in [0, 0.05) is 0 Å². The van der Waals surface area contributed by atoms with Crippen LogP contribution >= 0.6 is 46.4 Å². The van der Waals surface area contributed by atoms with E-state index in [0.29, 0.717) is 6.42 Å². The Kier molecular flexibility index (Phi) is 8.78. The molecule has 1 unspecified atom stereocenters. The van der Waals surface area contributed by atoms with Crippen molar-refractivity contribution >= 4 is 58.3 Å². The SMILES string of the molecule is C#CC(C)(CC)OC(=O)c1c(Cl)c(Cl)c(Cl)c(Cl)c1C(=O)O.[Na+]. The number of terminal acetylenes is 1. The molecular weight excluding hydrogens is 397 g/mol. The first kappa shape index (κ1) is 22.9. The van der Waals surface area contributed by atoms with Gasteiger partial charge in [0.05, 0.1) is 31.2 Å². The summed E-state index contributed by atoms with van der Waals surface area (Å²) in [6, 6.07) is 0. The van der Waals surface area contributed by atoms with E-state index in [1.807, 2.05) is 0 Å². The number of rotatable bonds is 4. The van der Waals surface area contributed by atoms with Crippen LogP contribution in [0.25, 0.3) is 0 Å². The first-order chi connectivity index (χ1) is 10.1. The second kappa shape index (κ2) is 8.82. The second-order valence-corrected chi connectivity index (χ2v) is 5.94. The Morgan fingerprint density at radius 2 is 1.57 bits per heavy atom. The maximum Gasteiger partial charge on any atom is 1.00 e. The number of halogens is 4. The minimum Gasteiger partial charge on any atom is -0.478 e. The zero-order valence-corrected chi connectivity index (χ0v) is 17.5. The quantitative estimate of drug-likeness (QED) is 0.273. The van der Waals surface area contributed by atoms with Gasteiger partial charge in [0.15, 0.2) is 5.60 Å². The molecule has 0 aromatic heterocycles. The number of carbonyl (C=O) groups excluding carboxylic acids is 1. The standard InChI is InChI=1S/C14H10Cl4O4.Na/c1-4-14(3,5-2)22-13(21)7-6(12(19)20)8(15)10(17)11(18)9(7)16;/h1H,5H2,2-3H3,(H,19,20);/q;+1. The molecule has 9 heteroatoms. The van der Waals surface area contributed by atoms with Crippen molar-refractivity contribution in [1.29, 1.82) is 0 Å². The summed E-state index contributed by atoms with van der Waals surface area (Å²) in [5.74, 6) is -0.242. The Hall–Kier alpha value is -0.120. The maximum atomic E-state index is 12.3. The third-order valence-corrected chi connectivity index (χ3v) is 4.79. The molecule has 118 valence electrons. The van der Waals surface area contributed by atoms with E-state index in [2.05, 4.69) is 5.92 Å². The fraction of sp³-hybridized carbons (Fsp3) is 0.286. The molecular formula is C14H10Cl4NaO4+. The smallest absolute Gasteiger partial charge is 0.478 e. The van der Waals surface area contributed by atoms with Crippen molar-refractivity contribution in [3.05, 3.63) is 31.2 Å². The van der Waals surface area contributed by atoms with Crippen molar-refractivity contribution in [2.75, 3.05) is 0 Å². The van der Waals surface area contributed by atoms with Crippen molar-refractivity contribution in [1.82, 2.24) is 0 Å². The Morgan fingerprint density at radius 3 is 1.91 bits per heavy atom. The van der Waals surface area contributed by atoms with Gasteiger partial charge in [0.2, 0.25) is 0 Å². The van der Waals surface area contributed by atoms with Crippen LogP contribution in [0.15, 0.2) is 0 Å². The third kappa shape index (κ3) is 4.70. The summed E-state index contributed by atoms with van der Waals surface area (Å²) >= 11 is 23.4. The Labute approximate surface area is 175 Å². The van der Waals surface area contributed by atoms with E-state index in [-0.39, 0.29) is 44.6 Å². The Morgan fingerprint density at radius 1 is 1.13 bits per heavy atom. The summed E-state index contributed by atoms with van der Waals surface area (Å²) in [6.45, 7) is 3.20. The van der Waals surface area contributed by atoms with Crippen LogP contribution in [0, 0.1) is 12.3 Å². The van der Waals surface area contributed by atoms with Gasteiger partial charge in [-0.3, -0.25) is 0 Å². The molecule has 0 fully saturated rings. The van der Waals surface area contributed by atoms with Crippen LogP contribution in [0.4, 0.5) is 0 Å². The van der Waals surface area contributed by atoms with Crippen LogP contribution in [0.3, 0.4) is 0 Å². The Bertz CT molecular complexity index is 699. The van der Waals surface area contributed by atoms with Gasteiger partial charge >= 0.3 is 41.5 Å². The van der Waals surface area contributed by atoms with E-state index >= 15 is 0 Å². The zero-order chi connectivity index (χ0) is 17.2. The molecule has 1 atom stereocenters. The predicted octanol–water partition coefficient (Wildman–Crippen LogP) is 1.96. The number of hydrogen-bond acceptors (Lipinski definition) is 3. The molecule has 1 rings (SSSR count). The molecule has 1 aromatic carbocycles. The fourth-order valence-corrected chi connectivity index (χ4v) is 2.49. The maximum absolute atomic E-state index is 12.3. The molecule has 0 saturated heterocycles. The molecule has 23 heavy (non-hydrogen) atoms. The molecule has 0 spiro atoms. The monoisotopic (exact) mass is 405 g/mol. The van der Waals surface area contributed by atoms with Crippen molar-refractivity contribution in [2.45, 2.75) is 25.9 Å². The first-order valence-corrected chi connectivity index (χ1v) is 7.41. The number of carboxylic acid groups (broad SMARTS) is 1. The molecule has 0 radical (unpaired) electrons. The van der Waals surface area contributed by atoms with Gasteiger partial charge in [-0.2, -0.15) is 0 Å². The minimum absolute atomic E-state index is 0. The summed E-state index contributed by atoms with van der Waals surface area (Å²) < 4.78 is 5.16. The molecule has 0 amide bonds. The average Bonchev–Trinajstić information content (AvgIpc) is 2.47. The van der Waals surface area contributed by atoms with E-state index in [9.17, 15) is 14.7 Å². The van der Waals surface area contributed by atoms with Gasteiger partial charge in [0.25, 0.3) is 0 Å². The minimum atomic E-state index is -1.50. The summed E-state index contributed by atoms with van der Waals surface area (Å²) in [5.41, 5.74) is -2.32.